The Kier molecular flexibility index (Phi) is 3.79. The summed E-state index contributed by atoms with van der Waals surface area (Å²) in [6.45, 7) is 1.91. The van der Waals surface area contributed by atoms with E-state index in [4.69, 9.17) is 0 Å². The molecule has 4 heteroatoms. The van der Waals surface area contributed by atoms with Gasteiger partial charge in [0.2, 0.25) is 0 Å². The Balaban J connectivity index is 1.87. The first kappa shape index (κ1) is 13.5. The van der Waals surface area contributed by atoms with Crippen LogP contribution >= 0.6 is 11.3 Å². The van der Waals surface area contributed by atoms with E-state index in [-0.39, 0.29) is 5.78 Å². The molecule has 0 aliphatic rings. The Bertz CT molecular complexity index is 770. The predicted molar refractivity (Wildman–Crippen MR) is 86.0 cm³/mol. The van der Waals surface area contributed by atoms with Gasteiger partial charge in [-0.2, -0.15) is 5.10 Å². The molecule has 0 aliphatic heterocycles. The van der Waals surface area contributed by atoms with Crippen molar-refractivity contribution in [3.05, 3.63) is 76.3 Å². The maximum absolute atomic E-state index is 12.3. The maximum atomic E-state index is 12.3. The van der Waals surface area contributed by atoms with Gasteiger partial charge in [0.1, 0.15) is 0 Å². The Morgan fingerprint density at radius 2 is 2.00 bits per heavy atom. The van der Waals surface area contributed by atoms with Crippen LogP contribution in [0.4, 0.5) is 0 Å². The summed E-state index contributed by atoms with van der Waals surface area (Å²) >= 11 is 1.61. The molecule has 0 spiro atoms. The van der Waals surface area contributed by atoms with Crippen molar-refractivity contribution in [1.82, 2.24) is 9.78 Å². The Morgan fingerprint density at radius 1 is 1.19 bits per heavy atom. The molecule has 104 valence electrons. The molecule has 0 unspecified atom stereocenters. The first-order valence-corrected chi connectivity index (χ1v) is 7.49. The van der Waals surface area contributed by atoms with Crippen molar-refractivity contribution in [3.63, 3.8) is 0 Å². The lowest BCUT2D eigenvalue weighted by atomic mass is 10.1. The average Bonchev–Trinajstić information content (AvgIpc) is 3.15. The maximum Gasteiger partial charge on any atom is 0.189 e. The van der Waals surface area contributed by atoms with Gasteiger partial charge in [0.15, 0.2) is 5.78 Å². The van der Waals surface area contributed by atoms with Gasteiger partial charge in [-0.3, -0.25) is 4.79 Å². The smallest absolute Gasteiger partial charge is 0.189 e. The Labute approximate surface area is 127 Å². The van der Waals surface area contributed by atoms with E-state index >= 15 is 0 Å². The number of carbonyl (C=O) groups is 1. The summed E-state index contributed by atoms with van der Waals surface area (Å²) < 4.78 is 1.78. The number of allylic oxidation sites excluding steroid dienone is 1. The fourth-order valence-electron chi connectivity index (χ4n) is 2.11. The zero-order valence-electron chi connectivity index (χ0n) is 11.6. The van der Waals surface area contributed by atoms with Gasteiger partial charge >= 0.3 is 0 Å². The topological polar surface area (TPSA) is 34.9 Å². The van der Waals surface area contributed by atoms with Crippen molar-refractivity contribution in [2.45, 2.75) is 6.92 Å². The lowest BCUT2D eigenvalue weighted by Gasteiger charge is -2.03. The van der Waals surface area contributed by atoms with Gasteiger partial charge < -0.3 is 0 Å². The van der Waals surface area contributed by atoms with Gasteiger partial charge in [0.25, 0.3) is 0 Å². The first-order valence-electron chi connectivity index (χ1n) is 6.61. The number of ketones is 1. The highest BCUT2D eigenvalue weighted by molar-refractivity contribution is 7.10. The van der Waals surface area contributed by atoms with E-state index in [0.717, 1.165) is 16.3 Å². The fourth-order valence-corrected chi connectivity index (χ4v) is 2.73. The molecular formula is C17H14N2OS. The Hall–Kier alpha value is -2.46. The standard InChI is InChI=1S/C17H14N2OS/c1-13-16(17(20)10-9-15-8-5-11-21-15)12-18-19(13)14-6-3-2-4-7-14/h2-12H,1H3/b10-9+. The molecule has 0 saturated carbocycles. The number of carbonyl (C=O) groups excluding carboxylic acids is 1. The van der Waals surface area contributed by atoms with Gasteiger partial charge in [-0.05, 0) is 42.7 Å². The molecule has 0 aliphatic carbocycles. The zero-order valence-corrected chi connectivity index (χ0v) is 12.4. The second kappa shape index (κ2) is 5.89. The van der Waals surface area contributed by atoms with Crippen molar-refractivity contribution in [2.75, 3.05) is 0 Å². The van der Waals surface area contributed by atoms with Crippen LogP contribution in [0.25, 0.3) is 11.8 Å². The molecule has 0 atom stereocenters. The third-order valence-electron chi connectivity index (χ3n) is 3.22. The first-order chi connectivity index (χ1) is 10.3. The van der Waals surface area contributed by atoms with Crippen LogP contribution in [0.1, 0.15) is 20.9 Å². The summed E-state index contributed by atoms with van der Waals surface area (Å²) in [4.78, 5) is 13.3. The van der Waals surface area contributed by atoms with E-state index in [1.807, 2.05) is 60.8 Å². The molecule has 3 aromatic rings. The Morgan fingerprint density at radius 3 is 2.71 bits per heavy atom. The largest absolute Gasteiger partial charge is 0.289 e. The minimum Gasteiger partial charge on any atom is -0.289 e. The highest BCUT2D eigenvalue weighted by Gasteiger charge is 2.12. The molecule has 0 fully saturated rings. The van der Waals surface area contributed by atoms with Crippen molar-refractivity contribution >= 4 is 23.2 Å². The predicted octanol–water partition coefficient (Wildman–Crippen LogP) is 4.14. The molecule has 0 amide bonds. The summed E-state index contributed by atoms with van der Waals surface area (Å²) in [5.41, 5.74) is 2.44. The van der Waals surface area contributed by atoms with E-state index in [1.54, 1.807) is 28.3 Å². The van der Waals surface area contributed by atoms with E-state index in [2.05, 4.69) is 5.10 Å². The van der Waals surface area contributed by atoms with Crippen LogP contribution in [0, 0.1) is 6.92 Å². The molecule has 21 heavy (non-hydrogen) atoms. The average molecular weight is 294 g/mol. The molecule has 2 aromatic heterocycles. The molecule has 0 bridgehead atoms. The number of rotatable bonds is 4. The van der Waals surface area contributed by atoms with Crippen molar-refractivity contribution in [1.29, 1.82) is 0 Å². The van der Waals surface area contributed by atoms with E-state index in [0.29, 0.717) is 5.56 Å². The summed E-state index contributed by atoms with van der Waals surface area (Å²) in [6.07, 6.45) is 5.07. The van der Waals surface area contributed by atoms with Gasteiger partial charge in [-0.1, -0.05) is 24.3 Å². The van der Waals surface area contributed by atoms with E-state index in [9.17, 15) is 4.79 Å². The molecule has 0 saturated heterocycles. The molecular weight excluding hydrogens is 280 g/mol. The molecule has 0 radical (unpaired) electrons. The van der Waals surface area contributed by atoms with Crippen LogP contribution in [-0.2, 0) is 0 Å². The van der Waals surface area contributed by atoms with E-state index < -0.39 is 0 Å². The van der Waals surface area contributed by atoms with Gasteiger partial charge in [-0.25, -0.2) is 4.68 Å². The second-order valence-electron chi connectivity index (χ2n) is 4.60. The summed E-state index contributed by atoms with van der Waals surface area (Å²) in [7, 11) is 0. The molecule has 0 N–H and O–H groups in total. The number of aromatic nitrogens is 2. The monoisotopic (exact) mass is 294 g/mol. The SMILES string of the molecule is Cc1c(C(=O)/C=C/c2cccs2)cnn1-c1ccccc1. The highest BCUT2D eigenvalue weighted by atomic mass is 32.1. The number of nitrogens with zero attached hydrogens (tertiary/aromatic N) is 2. The van der Waals surface area contributed by atoms with Crippen LogP contribution in [0.5, 0.6) is 0 Å². The number of thiophene rings is 1. The highest BCUT2D eigenvalue weighted by Crippen LogP contribution is 2.16. The third kappa shape index (κ3) is 2.85. The van der Waals surface area contributed by atoms with Crippen LogP contribution in [0.15, 0.2) is 60.1 Å². The van der Waals surface area contributed by atoms with Crippen molar-refractivity contribution < 1.29 is 4.79 Å². The van der Waals surface area contributed by atoms with Gasteiger partial charge in [0.05, 0.1) is 23.1 Å². The van der Waals surface area contributed by atoms with Crippen LogP contribution in [-0.4, -0.2) is 15.6 Å². The lowest BCUT2D eigenvalue weighted by molar-refractivity contribution is 0.104. The summed E-state index contributed by atoms with van der Waals surface area (Å²) in [5.74, 6) is -0.0249. The van der Waals surface area contributed by atoms with Gasteiger partial charge in [0, 0.05) is 4.88 Å². The van der Waals surface area contributed by atoms with Crippen LogP contribution in [0.3, 0.4) is 0 Å². The third-order valence-corrected chi connectivity index (χ3v) is 4.06. The minimum atomic E-state index is -0.0249. The molecule has 1 aromatic carbocycles. The van der Waals surface area contributed by atoms with E-state index in [1.165, 1.54) is 0 Å². The number of benzene rings is 1. The summed E-state index contributed by atoms with van der Waals surface area (Å²) in [6, 6.07) is 13.7. The van der Waals surface area contributed by atoms with Crippen LogP contribution < -0.4 is 0 Å². The number of hydrogen-bond acceptors (Lipinski definition) is 3. The van der Waals surface area contributed by atoms with Gasteiger partial charge in [-0.15, -0.1) is 11.3 Å². The van der Waals surface area contributed by atoms with Crippen LogP contribution in [0.2, 0.25) is 0 Å². The quantitative estimate of drug-likeness (QED) is 0.535. The van der Waals surface area contributed by atoms with Crippen molar-refractivity contribution in [3.8, 4) is 5.69 Å². The fraction of sp³-hybridized carbons (Fsp3) is 0.0588. The summed E-state index contributed by atoms with van der Waals surface area (Å²) in [5, 5.41) is 6.31. The molecule has 2 heterocycles. The van der Waals surface area contributed by atoms with Crippen molar-refractivity contribution in [2.24, 2.45) is 0 Å². The number of hydrogen-bond donors (Lipinski definition) is 0. The lowest BCUT2D eigenvalue weighted by Crippen LogP contribution is -2.01. The normalized spacial score (nSPS) is 11.1. The zero-order chi connectivity index (χ0) is 14.7. The minimum absolute atomic E-state index is 0.0249. The molecule has 3 rings (SSSR count). The number of para-hydroxylation sites is 1. The molecule has 3 nitrogen and oxygen atoms in total. The second-order valence-corrected chi connectivity index (χ2v) is 5.58.